The molecule has 0 fully saturated rings. The fourth-order valence-corrected chi connectivity index (χ4v) is 2.55. The summed E-state index contributed by atoms with van der Waals surface area (Å²) >= 11 is 0. The molecule has 0 saturated carbocycles. The maximum absolute atomic E-state index is 12.2. The average molecular weight is 351 g/mol. The number of nitrogens with zero attached hydrogens (tertiary/aromatic N) is 2. The van der Waals surface area contributed by atoms with Crippen LogP contribution >= 0.6 is 0 Å². The van der Waals surface area contributed by atoms with Crippen LogP contribution in [-0.2, 0) is 16.1 Å². The Morgan fingerprint density at radius 3 is 2.58 bits per heavy atom. The third kappa shape index (κ3) is 3.92. The number of nitriles is 1. The van der Waals surface area contributed by atoms with Gasteiger partial charge in [-0.1, -0.05) is 6.07 Å². The lowest BCUT2D eigenvalue weighted by Crippen LogP contribution is -2.39. The fraction of sp³-hybridized carbons (Fsp3) is 0.211. The van der Waals surface area contributed by atoms with Gasteiger partial charge in [0.25, 0.3) is 0 Å². The van der Waals surface area contributed by atoms with E-state index in [1.54, 1.807) is 30.3 Å². The summed E-state index contributed by atoms with van der Waals surface area (Å²) in [6, 6.07) is 14.0. The Morgan fingerprint density at radius 1 is 1.15 bits per heavy atom. The second-order valence-electron chi connectivity index (χ2n) is 5.73. The summed E-state index contributed by atoms with van der Waals surface area (Å²) in [4.78, 5) is 25.5. The lowest BCUT2D eigenvalue weighted by Gasteiger charge is -2.20. The molecule has 0 atom stereocenters. The molecule has 1 N–H and O–H groups in total. The Balaban J connectivity index is 1.61. The van der Waals surface area contributed by atoms with Crippen molar-refractivity contribution >= 4 is 17.5 Å². The fourth-order valence-electron chi connectivity index (χ4n) is 2.55. The van der Waals surface area contributed by atoms with Gasteiger partial charge in [0, 0.05) is 19.2 Å². The van der Waals surface area contributed by atoms with Gasteiger partial charge in [0.05, 0.1) is 11.6 Å². The molecular formula is C19H17N3O4. The van der Waals surface area contributed by atoms with Gasteiger partial charge in [-0.25, -0.2) is 0 Å². The van der Waals surface area contributed by atoms with Crippen molar-refractivity contribution in [1.82, 2.24) is 5.32 Å². The molecule has 1 aliphatic heterocycles. The van der Waals surface area contributed by atoms with Crippen LogP contribution in [0.2, 0.25) is 0 Å². The molecule has 1 heterocycles. The van der Waals surface area contributed by atoms with Crippen molar-refractivity contribution in [3.63, 3.8) is 0 Å². The van der Waals surface area contributed by atoms with E-state index >= 15 is 0 Å². The third-order valence-corrected chi connectivity index (χ3v) is 3.92. The van der Waals surface area contributed by atoms with E-state index in [-0.39, 0.29) is 25.2 Å². The summed E-state index contributed by atoms with van der Waals surface area (Å²) in [6.07, 6.45) is 0. The van der Waals surface area contributed by atoms with E-state index in [2.05, 4.69) is 5.32 Å². The minimum absolute atomic E-state index is 0.105. The van der Waals surface area contributed by atoms with E-state index in [0.717, 1.165) is 5.56 Å². The van der Waals surface area contributed by atoms with Crippen molar-refractivity contribution in [3.8, 4) is 17.6 Å². The van der Waals surface area contributed by atoms with Crippen LogP contribution in [0.5, 0.6) is 11.5 Å². The Hall–Kier alpha value is -3.53. The van der Waals surface area contributed by atoms with Crippen LogP contribution in [0.25, 0.3) is 0 Å². The highest BCUT2D eigenvalue weighted by atomic mass is 16.7. The highest BCUT2D eigenvalue weighted by molar-refractivity contribution is 5.97. The maximum Gasteiger partial charge on any atom is 0.240 e. The first kappa shape index (κ1) is 17.3. The standard InChI is InChI=1S/C19H17N3O4/c1-13(23)22(16-5-2-14(9-20)3-6-16)11-19(24)21-10-15-4-7-17-18(8-15)26-12-25-17/h2-8H,10-12H2,1H3,(H,21,24). The lowest BCUT2D eigenvalue weighted by molar-refractivity contribution is -0.123. The zero-order valence-electron chi connectivity index (χ0n) is 14.2. The summed E-state index contributed by atoms with van der Waals surface area (Å²) in [5.74, 6) is 0.790. The van der Waals surface area contributed by atoms with Gasteiger partial charge in [-0.3, -0.25) is 9.59 Å². The molecule has 7 heteroatoms. The minimum atomic E-state index is -0.290. The molecule has 3 rings (SSSR count). The lowest BCUT2D eigenvalue weighted by atomic mass is 10.2. The number of carbonyl (C=O) groups is 2. The number of ether oxygens (including phenoxy) is 2. The topological polar surface area (TPSA) is 91.7 Å². The Labute approximate surface area is 150 Å². The van der Waals surface area contributed by atoms with Gasteiger partial charge in [0.2, 0.25) is 18.6 Å². The summed E-state index contributed by atoms with van der Waals surface area (Å²) < 4.78 is 10.6. The number of fused-ring (bicyclic) bond motifs is 1. The van der Waals surface area contributed by atoms with Crippen molar-refractivity contribution < 1.29 is 19.1 Å². The molecule has 1 aliphatic rings. The molecule has 0 radical (unpaired) electrons. The van der Waals surface area contributed by atoms with Crippen LogP contribution in [0, 0.1) is 11.3 Å². The van der Waals surface area contributed by atoms with Gasteiger partial charge in [-0.2, -0.15) is 5.26 Å². The number of benzene rings is 2. The molecule has 0 saturated heterocycles. The first-order valence-electron chi connectivity index (χ1n) is 8.00. The largest absolute Gasteiger partial charge is 0.454 e. The van der Waals surface area contributed by atoms with E-state index in [1.165, 1.54) is 11.8 Å². The molecule has 0 bridgehead atoms. The van der Waals surface area contributed by atoms with Crippen molar-refractivity contribution in [1.29, 1.82) is 5.26 Å². The van der Waals surface area contributed by atoms with Gasteiger partial charge in [-0.05, 0) is 42.0 Å². The van der Waals surface area contributed by atoms with Gasteiger partial charge in [0.15, 0.2) is 11.5 Å². The van der Waals surface area contributed by atoms with Crippen LogP contribution in [0.15, 0.2) is 42.5 Å². The van der Waals surface area contributed by atoms with Crippen LogP contribution in [-0.4, -0.2) is 25.2 Å². The van der Waals surface area contributed by atoms with Crippen molar-refractivity contribution in [2.24, 2.45) is 0 Å². The molecule has 0 unspecified atom stereocenters. The average Bonchev–Trinajstić information content (AvgIpc) is 3.12. The summed E-state index contributed by atoms with van der Waals surface area (Å²) in [6.45, 7) is 1.80. The van der Waals surface area contributed by atoms with Crippen LogP contribution in [0.1, 0.15) is 18.1 Å². The van der Waals surface area contributed by atoms with E-state index in [0.29, 0.717) is 29.3 Å². The third-order valence-electron chi connectivity index (χ3n) is 3.92. The molecule has 26 heavy (non-hydrogen) atoms. The zero-order chi connectivity index (χ0) is 18.5. The number of amides is 2. The predicted octanol–water partition coefficient (Wildman–Crippen LogP) is 1.96. The molecule has 7 nitrogen and oxygen atoms in total. The number of rotatable bonds is 5. The molecule has 2 aromatic rings. The molecule has 0 aliphatic carbocycles. The second kappa shape index (κ2) is 7.57. The van der Waals surface area contributed by atoms with Crippen molar-refractivity contribution in [3.05, 3.63) is 53.6 Å². The molecule has 2 amide bonds. The normalized spacial score (nSPS) is 11.5. The SMILES string of the molecule is CC(=O)N(CC(=O)NCc1ccc2c(c1)OCO2)c1ccc(C#N)cc1. The Morgan fingerprint density at radius 2 is 1.88 bits per heavy atom. The Kier molecular flexibility index (Phi) is 5.04. The van der Waals surface area contributed by atoms with E-state index in [9.17, 15) is 9.59 Å². The van der Waals surface area contributed by atoms with Crippen LogP contribution in [0.4, 0.5) is 5.69 Å². The number of carbonyl (C=O) groups excluding carboxylic acids is 2. The van der Waals surface area contributed by atoms with Crippen molar-refractivity contribution in [2.45, 2.75) is 13.5 Å². The monoisotopic (exact) mass is 351 g/mol. The van der Waals surface area contributed by atoms with Crippen LogP contribution in [0.3, 0.4) is 0 Å². The number of anilines is 1. The quantitative estimate of drug-likeness (QED) is 0.889. The van der Waals surface area contributed by atoms with E-state index in [4.69, 9.17) is 14.7 Å². The highest BCUT2D eigenvalue weighted by Gasteiger charge is 2.17. The van der Waals surface area contributed by atoms with E-state index < -0.39 is 0 Å². The van der Waals surface area contributed by atoms with Gasteiger partial charge < -0.3 is 19.7 Å². The van der Waals surface area contributed by atoms with Gasteiger partial charge in [0.1, 0.15) is 6.54 Å². The molecule has 0 aromatic heterocycles. The number of nitrogens with one attached hydrogen (secondary N) is 1. The first-order valence-corrected chi connectivity index (χ1v) is 8.00. The summed E-state index contributed by atoms with van der Waals surface area (Å²) in [5, 5.41) is 11.6. The van der Waals surface area contributed by atoms with Crippen molar-refractivity contribution in [2.75, 3.05) is 18.2 Å². The summed E-state index contributed by atoms with van der Waals surface area (Å²) in [7, 11) is 0. The molecule has 0 spiro atoms. The Bertz CT molecular complexity index is 871. The zero-order valence-corrected chi connectivity index (χ0v) is 14.2. The first-order chi connectivity index (χ1) is 12.6. The summed E-state index contributed by atoms with van der Waals surface area (Å²) in [5.41, 5.74) is 1.93. The maximum atomic E-state index is 12.2. The highest BCUT2D eigenvalue weighted by Crippen LogP contribution is 2.32. The van der Waals surface area contributed by atoms with Gasteiger partial charge >= 0.3 is 0 Å². The second-order valence-corrected chi connectivity index (χ2v) is 5.73. The smallest absolute Gasteiger partial charge is 0.240 e. The molecular weight excluding hydrogens is 334 g/mol. The van der Waals surface area contributed by atoms with E-state index in [1.807, 2.05) is 18.2 Å². The predicted molar refractivity (Wildman–Crippen MR) is 93.6 cm³/mol. The number of hydrogen-bond donors (Lipinski definition) is 1. The number of hydrogen-bond acceptors (Lipinski definition) is 5. The van der Waals surface area contributed by atoms with Gasteiger partial charge in [-0.15, -0.1) is 0 Å². The minimum Gasteiger partial charge on any atom is -0.454 e. The van der Waals surface area contributed by atoms with Crippen LogP contribution < -0.4 is 19.7 Å². The molecule has 132 valence electrons. The molecule has 2 aromatic carbocycles.